The van der Waals surface area contributed by atoms with Crippen molar-refractivity contribution in [3.8, 4) is 11.4 Å². The molecule has 3 heteroatoms. The van der Waals surface area contributed by atoms with E-state index in [1.165, 1.54) is 0 Å². The average Bonchev–Trinajstić information content (AvgIpc) is 2.57. The summed E-state index contributed by atoms with van der Waals surface area (Å²) in [5, 5.41) is 0.660. The van der Waals surface area contributed by atoms with Crippen LogP contribution in [0.4, 0.5) is 0 Å². The van der Waals surface area contributed by atoms with Gasteiger partial charge in [0.25, 0.3) is 0 Å². The predicted molar refractivity (Wildman–Crippen MR) is 47.9 cm³/mol. The normalized spacial score (nSPS) is 10.1. The molecule has 12 heavy (non-hydrogen) atoms. The molecule has 0 atom stereocenters. The van der Waals surface area contributed by atoms with Crippen LogP contribution in [-0.2, 0) is 0 Å². The van der Waals surface area contributed by atoms with Gasteiger partial charge in [-0.25, -0.2) is 4.98 Å². The second-order valence-corrected chi connectivity index (χ2v) is 2.75. The van der Waals surface area contributed by atoms with Crippen LogP contribution in [-0.4, -0.2) is 9.97 Å². The molecule has 59 valence electrons. The van der Waals surface area contributed by atoms with Crippen molar-refractivity contribution in [1.29, 1.82) is 0 Å². The number of halogens is 1. The van der Waals surface area contributed by atoms with Crippen molar-refractivity contribution in [3.63, 3.8) is 0 Å². The third kappa shape index (κ3) is 1.21. The quantitative estimate of drug-likeness (QED) is 0.713. The predicted octanol–water partition coefficient (Wildman–Crippen LogP) is 2.53. The van der Waals surface area contributed by atoms with Crippen molar-refractivity contribution in [3.05, 3.63) is 41.7 Å². The van der Waals surface area contributed by atoms with Crippen LogP contribution < -0.4 is 0 Å². The number of H-pyrrole nitrogens is 1. The third-order valence-corrected chi connectivity index (χ3v) is 1.88. The topological polar surface area (TPSA) is 28.7 Å². The Labute approximate surface area is 75.2 Å². The minimum atomic E-state index is 0.660. The minimum Gasteiger partial charge on any atom is -0.345 e. The van der Waals surface area contributed by atoms with E-state index in [1.807, 2.05) is 12.1 Å². The van der Waals surface area contributed by atoms with E-state index in [9.17, 15) is 0 Å². The first-order chi connectivity index (χ1) is 5.88. The van der Waals surface area contributed by atoms with Gasteiger partial charge in [0.2, 0.25) is 0 Å². The van der Waals surface area contributed by atoms with Crippen molar-refractivity contribution in [2.75, 3.05) is 0 Å². The molecule has 0 bridgehead atoms. The van der Waals surface area contributed by atoms with Crippen LogP contribution in [0.1, 0.15) is 0 Å². The molecule has 1 aromatic carbocycles. The van der Waals surface area contributed by atoms with Crippen LogP contribution >= 0.6 is 11.6 Å². The van der Waals surface area contributed by atoms with Gasteiger partial charge in [0.15, 0.2) is 0 Å². The highest BCUT2D eigenvalue weighted by molar-refractivity contribution is 6.33. The fourth-order valence-corrected chi connectivity index (χ4v) is 1.23. The summed E-state index contributed by atoms with van der Waals surface area (Å²) in [6.07, 6.45) is 3.46. The maximum absolute atomic E-state index is 5.92. The number of benzene rings is 1. The standard InChI is InChI=1S/C9H6ClN2/c10-8-4-2-1-3-7(8)9-11-5-6-12-9/h1,3-6H,(H,11,12). The van der Waals surface area contributed by atoms with E-state index in [4.69, 9.17) is 11.6 Å². The van der Waals surface area contributed by atoms with E-state index in [2.05, 4.69) is 16.0 Å². The van der Waals surface area contributed by atoms with Gasteiger partial charge >= 0.3 is 0 Å². The minimum absolute atomic E-state index is 0.660. The van der Waals surface area contributed by atoms with E-state index >= 15 is 0 Å². The summed E-state index contributed by atoms with van der Waals surface area (Å²) in [5.41, 5.74) is 0.903. The molecule has 2 aromatic rings. The summed E-state index contributed by atoms with van der Waals surface area (Å²) in [4.78, 5) is 7.08. The molecule has 0 aliphatic rings. The Morgan fingerprint density at radius 1 is 1.50 bits per heavy atom. The molecular formula is C9H6ClN2. The summed E-state index contributed by atoms with van der Waals surface area (Å²) in [5.74, 6) is 0.786. The molecule has 1 aromatic heterocycles. The van der Waals surface area contributed by atoms with E-state index in [1.54, 1.807) is 18.5 Å². The number of imidazole rings is 1. The van der Waals surface area contributed by atoms with Gasteiger partial charge in [-0.15, -0.1) is 0 Å². The number of aromatic nitrogens is 2. The zero-order valence-electron chi connectivity index (χ0n) is 6.21. The third-order valence-electron chi connectivity index (χ3n) is 1.57. The number of hydrogen-bond acceptors (Lipinski definition) is 1. The molecule has 1 heterocycles. The zero-order valence-corrected chi connectivity index (χ0v) is 6.97. The number of aromatic amines is 1. The fraction of sp³-hybridized carbons (Fsp3) is 0. The van der Waals surface area contributed by atoms with Gasteiger partial charge in [0, 0.05) is 18.0 Å². The lowest BCUT2D eigenvalue weighted by Gasteiger charge is -1.97. The number of nitrogens with one attached hydrogen (secondary N) is 1. The lowest BCUT2D eigenvalue weighted by molar-refractivity contribution is 1.31. The molecule has 2 rings (SSSR count). The Hall–Kier alpha value is -1.28. The number of hydrogen-bond donors (Lipinski definition) is 1. The van der Waals surface area contributed by atoms with Gasteiger partial charge in [0.05, 0.1) is 5.02 Å². The summed E-state index contributed by atoms with van der Waals surface area (Å²) >= 11 is 5.92. The summed E-state index contributed by atoms with van der Waals surface area (Å²) in [6.45, 7) is 0. The highest BCUT2D eigenvalue weighted by Crippen LogP contribution is 2.23. The van der Waals surface area contributed by atoms with Crippen molar-refractivity contribution >= 4 is 11.6 Å². The zero-order chi connectivity index (χ0) is 8.39. The monoisotopic (exact) mass is 177 g/mol. The molecule has 0 aliphatic carbocycles. The second-order valence-electron chi connectivity index (χ2n) is 2.34. The first kappa shape index (κ1) is 7.37. The van der Waals surface area contributed by atoms with Crippen molar-refractivity contribution in [2.45, 2.75) is 0 Å². The second kappa shape index (κ2) is 2.99. The first-order valence-electron chi connectivity index (χ1n) is 3.53. The molecule has 1 N–H and O–H groups in total. The van der Waals surface area contributed by atoms with Crippen molar-refractivity contribution in [1.82, 2.24) is 9.97 Å². The van der Waals surface area contributed by atoms with Gasteiger partial charge in [0.1, 0.15) is 5.82 Å². The molecule has 1 radical (unpaired) electrons. The van der Waals surface area contributed by atoms with Crippen LogP contribution in [0.3, 0.4) is 0 Å². The van der Waals surface area contributed by atoms with Crippen LogP contribution in [0.25, 0.3) is 11.4 Å². The Kier molecular flexibility index (Phi) is 1.84. The van der Waals surface area contributed by atoms with Crippen molar-refractivity contribution in [2.24, 2.45) is 0 Å². The number of nitrogens with zero attached hydrogens (tertiary/aromatic N) is 1. The first-order valence-corrected chi connectivity index (χ1v) is 3.91. The highest BCUT2D eigenvalue weighted by atomic mass is 35.5. The number of rotatable bonds is 1. The largest absolute Gasteiger partial charge is 0.345 e. The van der Waals surface area contributed by atoms with Gasteiger partial charge < -0.3 is 4.98 Å². The molecule has 0 spiro atoms. The molecule has 0 saturated carbocycles. The molecule has 2 nitrogen and oxygen atoms in total. The van der Waals surface area contributed by atoms with Crippen LogP contribution in [0.5, 0.6) is 0 Å². The van der Waals surface area contributed by atoms with E-state index in [0.29, 0.717) is 5.02 Å². The van der Waals surface area contributed by atoms with Gasteiger partial charge in [-0.05, 0) is 18.2 Å². The molecule has 0 saturated heterocycles. The van der Waals surface area contributed by atoms with Gasteiger partial charge in [-0.3, -0.25) is 0 Å². The van der Waals surface area contributed by atoms with Gasteiger partial charge in [-0.2, -0.15) is 0 Å². The van der Waals surface area contributed by atoms with Crippen LogP contribution in [0.2, 0.25) is 5.02 Å². The molecule has 0 amide bonds. The fourth-order valence-electron chi connectivity index (χ4n) is 1.01. The Balaban J connectivity index is 2.55. The molecule has 0 aliphatic heterocycles. The van der Waals surface area contributed by atoms with Crippen LogP contribution in [0.15, 0.2) is 30.6 Å². The van der Waals surface area contributed by atoms with E-state index in [-0.39, 0.29) is 0 Å². The smallest absolute Gasteiger partial charge is 0.138 e. The van der Waals surface area contributed by atoms with Crippen molar-refractivity contribution < 1.29 is 0 Å². The lowest BCUT2D eigenvalue weighted by atomic mass is 10.2. The maximum atomic E-state index is 5.92. The SMILES string of the molecule is Clc1c[c]ccc1-c1ncc[nH]1. The Bertz CT molecular complexity index is 368. The molecule has 0 unspecified atom stereocenters. The van der Waals surface area contributed by atoms with E-state index < -0.39 is 0 Å². The average molecular weight is 178 g/mol. The van der Waals surface area contributed by atoms with Crippen LogP contribution in [0, 0.1) is 6.07 Å². The Morgan fingerprint density at radius 3 is 3.08 bits per heavy atom. The summed E-state index contributed by atoms with van der Waals surface area (Å²) < 4.78 is 0. The summed E-state index contributed by atoms with van der Waals surface area (Å²) in [6, 6.07) is 8.30. The lowest BCUT2D eigenvalue weighted by Crippen LogP contribution is -1.80. The molecule has 0 fully saturated rings. The highest BCUT2D eigenvalue weighted by Gasteiger charge is 2.02. The van der Waals surface area contributed by atoms with Gasteiger partial charge in [-0.1, -0.05) is 17.7 Å². The summed E-state index contributed by atoms with van der Waals surface area (Å²) in [7, 11) is 0. The van der Waals surface area contributed by atoms with E-state index in [0.717, 1.165) is 11.4 Å². The maximum Gasteiger partial charge on any atom is 0.138 e. The Morgan fingerprint density at radius 2 is 2.42 bits per heavy atom. The molecular weight excluding hydrogens is 172 g/mol.